The number of nitrogens with two attached hydrogens (primary N) is 2. The van der Waals surface area contributed by atoms with Crippen LogP contribution in [0.1, 0.15) is 46.0 Å². The number of aliphatic carboxylic acids is 1. The maximum atomic E-state index is 12.6. The molecule has 9 heteroatoms. The summed E-state index contributed by atoms with van der Waals surface area (Å²) in [4.78, 5) is 36.2. The Bertz CT molecular complexity index is 450. The molecule has 26 heavy (non-hydrogen) atoms. The molecule has 0 rings (SSSR count). The highest BCUT2D eigenvalue weighted by atomic mass is 32.2. The first kappa shape index (κ1) is 24.7. The van der Waals surface area contributed by atoms with E-state index in [0.717, 1.165) is 12.8 Å². The number of unbranched alkanes of at least 4 members (excludes halogenated alkanes) is 1. The van der Waals surface area contributed by atoms with Crippen LogP contribution in [0.3, 0.4) is 0 Å². The minimum Gasteiger partial charge on any atom is -0.480 e. The van der Waals surface area contributed by atoms with Gasteiger partial charge in [-0.1, -0.05) is 26.7 Å². The highest BCUT2D eigenvalue weighted by molar-refractivity contribution is 7.98. The first-order valence-electron chi connectivity index (χ1n) is 9.06. The van der Waals surface area contributed by atoms with E-state index in [1.165, 1.54) is 11.8 Å². The van der Waals surface area contributed by atoms with E-state index >= 15 is 0 Å². The Balaban J connectivity index is 4.92. The minimum atomic E-state index is -1.08. The molecule has 8 nitrogen and oxygen atoms in total. The normalized spacial score (nSPS) is 15.6. The summed E-state index contributed by atoms with van der Waals surface area (Å²) in [6.45, 7) is 4.28. The van der Waals surface area contributed by atoms with Crippen LogP contribution in [-0.4, -0.2) is 59.6 Å². The van der Waals surface area contributed by atoms with Gasteiger partial charge in [0.05, 0.1) is 6.04 Å². The second-order valence-electron chi connectivity index (χ2n) is 6.44. The third-order valence-electron chi connectivity index (χ3n) is 4.32. The standard InChI is InChI=1S/C17H34N4O4S/c1-4-11(2)14(21-15(22)12(19)7-5-6-9-18)16(23)20-13(17(24)25)8-10-26-3/h11-14H,4-10,18-19H2,1-3H3,(H,20,23)(H,21,22)(H,24,25)/t11-,12-,13-,14-/m0/s1. The second-order valence-corrected chi connectivity index (χ2v) is 7.43. The van der Waals surface area contributed by atoms with Crippen LogP contribution in [0.15, 0.2) is 0 Å². The van der Waals surface area contributed by atoms with Crippen LogP contribution in [0.4, 0.5) is 0 Å². The van der Waals surface area contributed by atoms with Gasteiger partial charge in [0.25, 0.3) is 0 Å². The summed E-state index contributed by atoms with van der Waals surface area (Å²) in [7, 11) is 0. The zero-order valence-electron chi connectivity index (χ0n) is 16.0. The number of carbonyl (C=O) groups is 3. The smallest absolute Gasteiger partial charge is 0.326 e. The average Bonchev–Trinajstić information content (AvgIpc) is 2.61. The van der Waals surface area contributed by atoms with Crippen molar-refractivity contribution in [2.45, 2.75) is 64.1 Å². The van der Waals surface area contributed by atoms with Crippen molar-refractivity contribution in [1.29, 1.82) is 0 Å². The molecule has 2 amide bonds. The van der Waals surface area contributed by atoms with Crippen molar-refractivity contribution >= 4 is 29.5 Å². The predicted octanol–water partition coefficient (Wildman–Crippen LogP) is 0.296. The molecule has 0 fully saturated rings. The summed E-state index contributed by atoms with van der Waals surface area (Å²) in [6.07, 6.45) is 4.86. The van der Waals surface area contributed by atoms with E-state index in [-0.39, 0.29) is 5.92 Å². The number of carboxylic acid groups (broad SMARTS) is 1. The molecule has 0 saturated carbocycles. The van der Waals surface area contributed by atoms with Crippen LogP contribution in [0.2, 0.25) is 0 Å². The van der Waals surface area contributed by atoms with E-state index in [1.807, 2.05) is 20.1 Å². The fraction of sp³-hybridized carbons (Fsp3) is 0.824. The molecule has 0 saturated heterocycles. The third kappa shape index (κ3) is 9.40. The molecule has 0 aliphatic carbocycles. The topological polar surface area (TPSA) is 148 Å². The van der Waals surface area contributed by atoms with Crippen LogP contribution >= 0.6 is 11.8 Å². The number of hydrogen-bond donors (Lipinski definition) is 5. The van der Waals surface area contributed by atoms with Crippen LogP contribution in [0.25, 0.3) is 0 Å². The zero-order valence-corrected chi connectivity index (χ0v) is 16.8. The van der Waals surface area contributed by atoms with Crippen LogP contribution in [0, 0.1) is 5.92 Å². The fourth-order valence-electron chi connectivity index (χ4n) is 2.36. The van der Waals surface area contributed by atoms with E-state index in [2.05, 4.69) is 10.6 Å². The second kappa shape index (κ2) is 13.8. The first-order valence-corrected chi connectivity index (χ1v) is 10.5. The van der Waals surface area contributed by atoms with Crippen LogP contribution in [-0.2, 0) is 14.4 Å². The molecule has 0 aromatic carbocycles. The lowest BCUT2D eigenvalue weighted by atomic mass is 9.97. The minimum absolute atomic E-state index is 0.148. The van der Waals surface area contributed by atoms with Gasteiger partial charge >= 0.3 is 5.97 Å². The monoisotopic (exact) mass is 390 g/mol. The van der Waals surface area contributed by atoms with E-state index in [4.69, 9.17) is 11.5 Å². The highest BCUT2D eigenvalue weighted by Crippen LogP contribution is 2.10. The van der Waals surface area contributed by atoms with Gasteiger partial charge < -0.3 is 27.2 Å². The van der Waals surface area contributed by atoms with Gasteiger partial charge in [0.15, 0.2) is 0 Å². The molecule has 0 bridgehead atoms. The Hall–Kier alpha value is -1.32. The van der Waals surface area contributed by atoms with Crippen LogP contribution < -0.4 is 22.1 Å². The number of rotatable bonds is 14. The van der Waals surface area contributed by atoms with Crippen molar-refractivity contribution in [3.63, 3.8) is 0 Å². The quantitative estimate of drug-likeness (QED) is 0.268. The summed E-state index contributed by atoms with van der Waals surface area (Å²) in [5, 5.41) is 14.5. The van der Waals surface area contributed by atoms with Gasteiger partial charge in [-0.15, -0.1) is 0 Å². The number of nitrogens with one attached hydrogen (secondary N) is 2. The van der Waals surface area contributed by atoms with Gasteiger partial charge in [0.2, 0.25) is 11.8 Å². The molecule has 0 aliphatic heterocycles. The predicted molar refractivity (Wildman–Crippen MR) is 105 cm³/mol. The average molecular weight is 391 g/mol. The molecule has 7 N–H and O–H groups in total. The summed E-state index contributed by atoms with van der Waals surface area (Å²) in [5.74, 6) is -1.51. The van der Waals surface area contributed by atoms with Gasteiger partial charge in [-0.2, -0.15) is 11.8 Å². The van der Waals surface area contributed by atoms with Gasteiger partial charge in [0, 0.05) is 0 Å². The van der Waals surface area contributed by atoms with E-state index in [9.17, 15) is 19.5 Å². The SMILES string of the molecule is CC[C@H](C)[C@H](NC(=O)[C@@H](N)CCCCN)C(=O)N[C@@H](CCSC)C(=O)O. The zero-order chi connectivity index (χ0) is 20.1. The largest absolute Gasteiger partial charge is 0.480 e. The number of thioether (sulfide) groups is 1. The van der Waals surface area contributed by atoms with Gasteiger partial charge in [-0.3, -0.25) is 9.59 Å². The number of carbonyl (C=O) groups excluding carboxylic acids is 2. The number of amides is 2. The fourth-order valence-corrected chi connectivity index (χ4v) is 2.83. The summed E-state index contributed by atoms with van der Waals surface area (Å²) in [6, 6.07) is -2.51. The lowest BCUT2D eigenvalue weighted by Crippen LogP contribution is -2.56. The van der Waals surface area contributed by atoms with Crippen molar-refractivity contribution in [1.82, 2.24) is 10.6 Å². The molecule has 0 unspecified atom stereocenters. The molecular formula is C17H34N4O4S. The van der Waals surface area contributed by atoms with Crippen LogP contribution in [0.5, 0.6) is 0 Å². The lowest BCUT2D eigenvalue weighted by molar-refractivity contribution is -0.142. The number of hydrogen-bond acceptors (Lipinski definition) is 6. The van der Waals surface area contributed by atoms with Crippen molar-refractivity contribution < 1.29 is 19.5 Å². The molecule has 0 radical (unpaired) electrons. The molecular weight excluding hydrogens is 356 g/mol. The van der Waals surface area contributed by atoms with Crippen molar-refractivity contribution in [3.8, 4) is 0 Å². The summed E-state index contributed by atoms with van der Waals surface area (Å²) in [5.41, 5.74) is 11.3. The Morgan fingerprint density at radius 1 is 1.12 bits per heavy atom. The summed E-state index contributed by atoms with van der Waals surface area (Å²) < 4.78 is 0. The van der Waals surface area contributed by atoms with E-state index < -0.39 is 35.9 Å². The highest BCUT2D eigenvalue weighted by Gasteiger charge is 2.30. The van der Waals surface area contributed by atoms with Crippen molar-refractivity contribution in [3.05, 3.63) is 0 Å². The summed E-state index contributed by atoms with van der Waals surface area (Å²) >= 11 is 1.51. The molecule has 0 aliphatic rings. The Labute approximate surface area is 160 Å². The Kier molecular flexibility index (Phi) is 13.1. The number of carboxylic acids is 1. The molecule has 0 aromatic heterocycles. The lowest BCUT2D eigenvalue weighted by Gasteiger charge is -2.26. The van der Waals surface area contributed by atoms with Gasteiger partial charge in [0.1, 0.15) is 12.1 Å². The molecule has 0 aromatic rings. The molecule has 0 heterocycles. The molecule has 0 spiro atoms. The Morgan fingerprint density at radius 2 is 1.77 bits per heavy atom. The molecule has 4 atom stereocenters. The van der Waals surface area contributed by atoms with Gasteiger partial charge in [-0.05, 0) is 43.7 Å². The van der Waals surface area contributed by atoms with Crippen molar-refractivity contribution in [2.24, 2.45) is 17.4 Å². The maximum Gasteiger partial charge on any atom is 0.326 e. The van der Waals surface area contributed by atoms with E-state index in [0.29, 0.717) is 31.6 Å². The third-order valence-corrected chi connectivity index (χ3v) is 4.97. The van der Waals surface area contributed by atoms with Crippen molar-refractivity contribution in [2.75, 3.05) is 18.6 Å². The Morgan fingerprint density at radius 3 is 2.27 bits per heavy atom. The maximum absolute atomic E-state index is 12.6. The first-order chi connectivity index (χ1) is 12.3. The van der Waals surface area contributed by atoms with Gasteiger partial charge in [-0.25, -0.2) is 4.79 Å². The van der Waals surface area contributed by atoms with E-state index in [1.54, 1.807) is 0 Å². The molecule has 152 valence electrons.